The van der Waals surface area contributed by atoms with E-state index in [2.05, 4.69) is 10.6 Å². The second-order valence-corrected chi connectivity index (χ2v) is 13.5. The molecule has 0 saturated carbocycles. The van der Waals surface area contributed by atoms with Crippen LogP contribution in [0, 0.1) is 5.92 Å². The van der Waals surface area contributed by atoms with Gasteiger partial charge >= 0.3 is 17.9 Å². The number of ether oxygens (including phenoxy) is 4. The maximum atomic E-state index is 12.5. The number of Topliss-reactive ketones (excluding diaryl/α,β-unsaturated/α-hetero) is 2. The monoisotopic (exact) mass is 794 g/mol. The van der Waals surface area contributed by atoms with Gasteiger partial charge in [-0.3, -0.25) is 24.0 Å². The summed E-state index contributed by atoms with van der Waals surface area (Å²) in [6.45, 7) is 4.64. The Bertz CT molecular complexity index is 1320. The third kappa shape index (κ3) is 26.4. The fraction of sp³-hybridized carbons (Fsp3) is 0.675. The standard InChI is InChI=1S/C40H62N2O14/c1-2-22-53-25-21-41-37(46)29-55-27-26-54-23-10-12-32(43)16-19-35(40(51)52)42-36(45)20-15-31(39(49)50)28-33(44)11-8-6-4-3-5-7-9-24-56-34-17-13-30(14-18-34)38(47)48/h13-14,17-18,31,35H,2-12,15-16,19-29H2,1H3,(H,41,46)(H,42,45)(H,47,48)(H,49,50)(H,51,52)/t31-,35+/m1/s1. The average molecular weight is 795 g/mol. The van der Waals surface area contributed by atoms with Crippen LogP contribution in [0.2, 0.25) is 0 Å². The molecule has 0 aliphatic rings. The maximum absolute atomic E-state index is 12.5. The Kier molecular flexibility index (Phi) is 28.1. The molecule has 5 N–H and O–H groups in total. The van der Waals surface area contributed by atoms with Crippen molar-refractivity contribution in [3.8, 4) is 5.75 Å². The molecule has 0 aromatic heterocycles. The van der Waals surface area contributed by atoms with Crippen molar-refractivity contribution in [1.82, 2.24) is 10.6 Å². The van der Waals surface area contributed by atoms with E-state index in [9.17, 15) is 43.8 Å². The molecule has 1 aromatic rings. The minimum absolute atomic E-state index is 0.0751. The topological polar surface area (TPSA) is 241 Å². The smallest absolute Gasteiger partial charge is 0.335 e. The first-order valence-electron chi connectivity index (χ1n) is 19.7. The minimum atomic E-state index is -1.32. The average Bonchev–Trinajstić information content (AvgIpc) is 3.16. The lowest BCUT2D eigenvalue weighted by Gasteiger charge is -2.16. The lowest BCUT2D eigenvalue weighted by atomic mass is 9.94. The SMILES string of the molecule is CCCOCCNC(=O)COCCOCCCC(=O)CC[C@H](NC(=O)CC[C@H](CC(=O)CCCCCCCCCOc1ccc(C(=O)O)cc1)C(=O)O)C(=O)O. The predicted molar refractivity (Wildman–Crippen MR) is 205 cm³/mol. The third-order valence-corrected chi connectivity index (χ3v) is 8.62. The highest BCUT2D eigenvalue weighted by Gasteiger charge is 2.25. The van der Waals surface area contributed by atoms with E-state index in [0.717, 1.165) is 44.9 Å². The van der Waals surface area contributed by atoms with Crippen molar-refractivity contribution < 1.29 is 67.8 Å². The number of nitrogens with one attached hydrogen (secondary N) is 2. The van der Waals surface area contributed by atoms with E-state index in [0.29, 0.717) is 45.0 Å². The van der Waals surface area contributed by atoms with E-state index in [4.69, 9.17) is 24.1 Å². The molecule has 0 radical (unpaired) electrons. The highest BCUT2D eigenvalue weighted by molar-refractivity contribution is 5.88. The number of unbranched alkanes of at least 4 members (excludes halogenated alkanes) is 6. The van der Waals surface area contributed by atoms with Crippen molar-refractivity contribution in [2.24, 2.45) is 5.92 Å². The molecule has 16 nitrogen and oxygen atoms in total. The van der Waals surface area contributed by atoms with Gasteiger partial charge in [-0.25, -0.2) is 9.59 Å². The summed E-state index contributed by atoms with van der Waals surface area (Å²) in [5.41, 5.74) is 0.206. The summed E-state index contributed by atoms with van der Waals surface area (Å²) in [4.78, 5) is 83.3. The third-order valence-electron chi connectivity index (χ3n) is 8.62. The quantitative estimate of drug-likeness (QED) is 0.0579. The first kappa shape index (κ1) is 49.6. The van der Waals surface area contributed by atoms with Crippen LogP contribution in [0.15, 0.2) is 24.3 Å². The molecule has 0 aliphatic carbocycles. The van der Waals surface area contributed by atoms with Crippen LogP contribution in [0.1, 0.15) is 120 Å². The van der Waals surface area contributed by atoms with Crippen molar-refractivity contribution in [3.05, 3.63) is 29.8 Å². The molecule has 0 saturated heterocycles. The molecule has 2 atom stereocenters. The number of carboxylic acid groups (broad SMARTS) is 3. The molecule has 316 valence electrons. The number of benzene rings is 1. The van der Waals surface area contributed by atoms with Crippen molar-refractivity contribution in [3.63, 3.8) is 0 Å². The minimum Gasteiger partial charge on any atom is -0.494 e. The summed E-state index contributed by atoms with van der Waals surface area (Å²) in [7, 11) is 0. The van der Waals surface area contributed by atoms with Gasteiger partial charge in [-0.15, -0.1) is 0 Å². The maximum Gasteiger partial charge on any atom is 0.335 e. The van der Waals surface area contributed by atoms with E-state index in [1.54, 1.807) is 12.1 Å². The Balaban J connectivity index is 2.15. The molecule has 1 aromatic carbocycles. The predicted octanol–water partition coefficient (Wildman–Crippen LogP) is 4.60. The summed E-state index contributed by atoms with van der Waals surface area (Å²) in [6.07, 6.45) is 7.16. The van der Waals surface area contributed by atoms with E-state index in [1.165, 1.54) is 12.1 Å². The first-order chi connectivity index (χ1) is 26.9. The number of aliphatic carboxylic acids is 2. The molecule has 0 bridgehead atoms. The molecule has 0 spiro atoms. The Morgan fingerprint density at radius 2 is 1.25 bits per heavy atom. The van der Waals surface area contributed by atoms with Crippen LogP contribution in [0.4, 0.5) is 0 Å². The fourth-order valence-electron chi connectivity index (χ4n) is 5.46. The molecule has 0 fully saturated rings. The van der Waals surface area contributed by atoms with Crippen LogP contribution in [-0.4, -0.2) is 115 Å². The van der Waals surface area contributed by atoms with Crippen molar-refractivity contribution in [2.45, 2.75) is 116 Å². The van der Waals surface area contributed by atoms with Crippen LogP contribution in [0.5, 0.6) is 5.75 Å². The molecule has 1 rings (SSSR count). The van der Waals surface area contributed by atoms with E-state index in [-0.39, 0.29) is 94.4 Å². The molecule has 56 heavy (non-hydrogen) atoms. The molecule has 2 amide bonds. The number of ketones is 2. The van der Waals surface area contributed by atoms with Crippen LogP contribution in [0.25, 0.3) is 0 Å². The highest BCUT2D eigenvalue weighted by atomic mass is 16.5. The van der Waals surface area contributed by atoms with E-state index >= 15 is 0 Å². The van der Waals surface area contributed by atoms with Gasteiger partial charge in [0.25, 0.3) is 0 Å². The van der Waals surface area contributed by atoms with E-state index in [1.807, 2.05) is 6.92 Å². The molecule has 0 heterocycles. The van der Waals surface area contributed by atoms with Gasteiger partial charge in [-0.2, -0.15) is 0 Å². The summed E-state index contributed by atoms with van der Waals surface area (Å²) in [6, 6.07) is 4.95. The Morgan fingerprint density at radius 1 is 0.607 bits per heavy atom. The zero-order chi connectivity index (χ0) is 41.4. The number of hydrogen-bond donors (Lipinski definition) is 5. The summed E-state index contributed by atoms with van der Waals surface area (Å²) in [5, 5.41) is 33.1. The summed E-state index contributed by atoms with van der Waals surface area (Å²) in [5.74, 6) is -5.25. The van der Waals surface area contributed by atoms with Gasteiger partial charge in [-0.05, 0) is 62.8 Å². The highest BCUT2D eigenvalue weighted by Crippen LogP contribution is 2.17. The second-order valence-electron chi connectivity index (χ2n) is 13.5. The van der Waals surface area contributed by atoms with Crippen molar-refractivity contribution in [1.29, 1.82) is 0 Å². The van der Waals surface area contributed by atoms with Crippen LogP contribution in [-0.2, 0) is 43.0 Å². The fourth-order valence-corrected chi connectivity index (χ4v) is 5.46. The summed E-state index contributed by atoms with van der Waals surface area (Å²) >= 11 is 0. The van der Waals surface area contributed by atoms with Crippen LogP contribution < -0.4 is 15.4 Å². The molecule has 0 aliphatic heterocycles. The zero-order valence-electron chi connectivity index (χ0n) is 32.8. The lowest BCUT2D eigenvalue weighted by Crippen LogP contribution is -2.41. The van der Waals surface area contributed by atoms with Gasteiger partial charge in [0.2, 0.25) is 11.8 Å². The Labute approximate surface area is 329 Å². The van der Waals surface area contributed by atoms with E-state index < -0.39 is 35.8 Å². The number of rotatable bonds is 37. The molecule has 0 unspecified atom stereocenters. The van der Waals surface area contributed by atoms with Gasteiger partial charge < -0.3 is 44.9 Å². The van der Waals surface area contributed by atoms with Crippen molar-refractivity contribution >= 4 is 41.3 Å². The number of aromatic carboxylic acids is 1. The van der Waals surface area contributed by atoms with Gasteiger partial charge in [0.15, 0.2) is 0 Å². The van der Waals surface area contributed by atoms with Crippen LogP contribution in [0.3, 0.4) is 0 Å². The van der Waals surface area contributed by atoms with Gasteiger partial charge in [0.05, 0.1) is 37.9 Å². The van der Waals surface area contributed by atoms with Crippen molar-refractivity contribution in [2.75, 3.05) is 52.8 Å². The second kappa shape index (κ2) is 31.8. The molecular formula is C40H62N2O14. The number of amides is 2. The Morgan fingerprint density at radius 3 is 1.91 bits per heavy atom. The number of carboxylic acids is 3. The van der Waals surface area contributed by atoms with Gasteiger partial charge in [-0.1, -0.05) is 39.0 Å². The Hall–Kier alpha value is -4.41. The number of carbonyl (C=O) groups excluding carboxylic acids is 4. The van der Waals surface area contributed by atoms with Gasteiger partial charge in [0.1, 0.15) is 30.0 Å². The van der Waals surface area contributed by atoms with Crippen LogP contribution >= 0.6 is 0 Å². The lowest BCUT2D eigenvalue weighted by molar-refractivity contribution is -0.145. The molecular weight excluding hydrogens is 732 g/mol. The number of hydrogen-bond acceptors (Lipinski definition) is 11. The normalized spacial score (nSPS) is 12.0. The van der Waals surface area contributed by atoms with Gasteiger partial charge in [0, 0.05) is 51.9 Å². The molecule has 16 heteroatoms. The zero-order valence-corrected chi connectivity index (χ0v) is 32.8. The summed E-state index contributed by atoms with van der Waals surface area (Å²) < 4.78 is 21.5. The number of carbonyl (C=O) groups is 7. The first-order valence-corrected chi connectivity index (χ1v) is 19.7. The largest absolute Gasteiger partial charge is 0.494 e.